The third-order valence-electron chi connectivity index (χ3n) is 3.44. The van der Waals surface area contributed by atoms with Crippen LogP contribution in [0.2, 0.25) is 0 Å². The fourth-order valence-corrected chi connectivity index (χ4v) is 5.31. The predicted molar refractivity (Wildman–Crippen MR) is 91.5 cm³/mol. The number of phosphoric acid groups is 3. The van der Waals surface area contributed by atoms with Crippen LogP contribution in [0.5, 0.6) is 0 Å². The summed E-state index contributed by atoms with van der Waals surface area (Å²) in [6.45, 7) is -1.26. The maximum absolute atomic E-state index is 15.1. The van der Waals surface area contributed by atoms with Gasteiger partial charge in [0.2, 0.25) is 11.9 Å². The standard InChI is InChI=1S/C10H13FN3O14P3/c1-2-10(11)7(16)5(26-8(10)14-9(17)13-6(15)3-12-14)4-25-30(21,22)28-31(23,24)27-29(18,19)20/h1,3,5,7-8,16H,4H2,(H,21,22)(H,23,24)(H,13,15,17)(H2,18,19,20)/t5-,7+,8-,10?/m1/s1. The number of H-pyrrole nitrogens is 1. The number of aliphatic hydroxyl groups is 1. The lowest BCUT2D eigenvalue weighted by Crippen LogP contribution is -2.46. The Bertz CT molecular complexity index is 1140. The van der Waals surface area contributed by atoms with Crippen LogP contribution >= 0.6 is 23.5 Å². The SMILES string of the molecule is C#CC1(F)[C@@H](O)[C@@H](COP(=O)(O)OP(=O)(O)OP(=O)(O)O)O[C@H]1n1ncc(=O)[nH]c1=O. The largest absolute Gasteiger partial charge is 0.490 e. The summed E-state index contributed by atoms with van der Waals surface area (Å²) in [5.41, 5.74) is -5.40. The van der Waals surface area contributed by atoms with Gasteiger partial charge < -0.3 is 29.4 Å². The molecular formula is C10H13FN3O14P3. The molecule has 0 aliphatic carbocycles. The minimum absolute atomic E-state index is 0.231. The molecule has 0 saturated carbocycles. The fourth-order valence-electron chi connectivity index (χ4n) is 2.28. The molecule has 1 aliphatic heterocycles. The molecular weight excluding hydrogens is 498 g/mol. The summed E-state index contributed by atoms with van der Waals surface area (Å²) in [5.74, 6) is 1.53. The number of terminal acetylenes is 1. The molecule has 2 heterocycles. The van der Waals surface area contributed by atoms with Gasteiger partial charge in [-0.3, -0.25) is 14.3 Å². The van der Waals surface area contributed by atoms with Crippen molar-refractivity contribution in [3.05, 3.63) is 27.0 Å². The maximum Gasteiger partial charge on any atom is 0.490 e. The second kappa shape index (κ2) is 8.75. The van der Waals surface area contributed by atoms with Gasteiger partial charge in [-0.2, -0.15) is 18.4 Å². The molecule has 0 aromatic carbocycles. The highest BCUT2D eigenvalue weighted by molar-refractivity contribution is 7.66. The van der Waals surface area contributed by atoms with Crippen molar-refractivity contribution < 1.29 is 60.6 Å². The van der Waals surface area contributed by atoms with Crippen LogP contribution in [0.25, 0.3) is 0 Å². The Morgan fingerprint density at radius 2 is 1.87 bits per heavy atom. The Balaban J connectivity index is 2.19. The number of ether oxygens (including phenoxy) is 1. The molecule has 0 amide bonds. The Morgan fingerprint density at radius 1 is 1.26 bits per heavy atom. The molecule has 1 aromatic rings. The molecule has 1 saturated heterocycles. The average Bonchev–Trinajstić information content (AvgIpc) is 2.82. The van der Waals surface area contributed by atoms with Crippen LogP contribution in [0.3, 0.4) is 0 Å². The van der Waals surface area contributed by atoms with Gasteiger partial charge in [-0.15, -0.1) is 6.42 Å². The number of aromatic amines is 1. The quantitative estimate of drug-likeness (QED) is 0.161. The lowest BCUT2D eigenvalue weighted by Gasteiger charge is -2.22. The van der Waals surface area contributed by atoms with Gasteiger partial charge in [0, 0.05) is 0 Å². The fraction of sp³-hybridized carbons (Fsp3) is 0.500. The first kappa shape index (κ1) is 25.7. The highest BCUT2D eigenvalue weighted by Crippen LogP contribution is 2.66. The molecule has 1 aromatic heterocycles. The predicted octanol–water partition coefficient (Wildman–Crippen LogP) is -2.13. The summed E-state index contributed by atoms with van der Waals surface area (Å²) in [7, 11) is -17.1. The number of alkyl halides is 1. The van der Waals surface area contributed by atoms with Gasteiger partial charge in [0.1, 0.15) is 18.4 Å². The highest BCUT2D eigenvalue weighted by Gasteiger charge is 2.59. The first-order valence-corrected chi connectivity index (χ1v) is 12.0. The molecule has 0 bridgehead atoms. The first-order chi connectivity index (χ1) is 14.0. The number of rotatable bonds is 8. The van der Waals surface area contributed by atoms with E-state index in [1.54, 1.807) is 4.98 Å². The molecule has 17 nitrogen and oxygen atoms in total. The van der Waals surface area contributed by atoms with E-state index in [1.165, 1.54) is 5.92 Å². The Hall–Kier alpha value is -1.57. The van der Waals surface area contributed by atoms with E-state index in [1.807, 2.05) is 0 Å². The van der Waals surface area contributed by atoms with Gasteiger partial charge in [-0.25, -0.2) is 22.9 Å². The van der Waals surface area contributed by atoms with Crippen LogP contribution < -0.4 is 11.2 Å². The molecule has 6 N–H and O–H groups in total. The minimum Gasteiger partial charge on any atom is -0.386 e. The van der Waals surface area contributed by atoms with Gasteiger partial charge >= 0.3 is 29.2 Å². The Labute approximate surface area is 169 Å². The van der Waals surface area contributed by atoms with E-state index in [-0.39, 0.29) is 4.68 Å². The van der Waals surface area contributed by atoms with Crippen molar-refractivity contribution in [2.45, 2.75) is 24.1 Å². The molecule has 1 fully saturated rings. The van der Waals surface area contributed by atoms with E-state index in [2.05, 4.69) is 18.2 Å². The first-order valence-electron chi connectivity index (χ1n) is 7.46. The van der Waals surface area contributed by atoms with Crippen LogP contribution in [0.4, 0.5) is 4.39 Å². The second-order valence-electron chi connectivity index (χ2n) is 5.65. The topological polar surface area (TPSA) is 257 Å². The maximum atomic E-state index is 15.1. The number of nitrogens with zero attached hydrogens (tertiary/aromatic N) is 2. The number of aliphatic hydroxyl groups excluding tert-OH is 1. The summed E-state index contributed by atoms with van der Waals surface area (Å²) >= 11 is 0. The van der Waals surface area contributed by atoms with Crippen LogP contribution in [0.15, 0.2) is 15.8 Å². The molecule has 0 spiro atoms. The van der Waals surface area contributed by atoms with Crippen molar-refractivity contribution in [1.29, 1.82) is 0 Å². The molecule has 174 valence electrons. The highest BCUT2D eigenvalue weighted by atomic mass is 31.3. The molecule has 3 unspecified atom stereocenters. The summed E-state index contributed by atoms with van der Waals surface area (Å²) in [6, 6.07) is 0. The Kier molecular flexibility index (Phi) is 7.25. The second-order valence-corrected chi connectivity index (χ2v) is 10.1. The van der Waals surface area contributed by atoms with Crippen molar-refractivity contribution in [2.24, 2.45) is 0 Å². The molecule has 31 heavy (non-hydrogen) atoms. The monoisotopic (exact) mass is 511 g/mol. The summed E-state index contributed by atoms with van der Waals surface area (Å²) < 4.78 is 65.1. The Morgan fingerprint density at radius 3 is 2.39 bits per heavy atom. The van der Waals surface area contributed by atoms with Crippen LogP contribution in [0, 0.1) is 12.3 Å². The zero-order chi connectivity index (χ0) is 23.8. The van der Waals surface area contributed by atoms with Crippen molar-refractivity contribution in [2.75, 3.05) is 6.61 Å². The van der Waals surface area contributed by atoms with Crippen molar-refractivity contribution in [3.63, 3.8) is 0 Å². The van der Waals surface area contributed by atoms with Crippen molar-refractivity contribution >= 4 is 23.5 Å². The summed E-state index contributed by atoms with van der Waals surface area (Å²) in [4.78, 5) is 60.0. The molecule has 0 radical (unpaired) electrons. The van der Waals surface area contributed by atoms with Gasteiger partial charge in [0.05, 0.1) is 6.61 Å². The zero-order valence-electron chi connectivity index (χ0n) is 14.6. The third-order valence-corrected chi connectivity index (χ3v) is 7.25. The van der Waals surface area contributed by atoms with Crippen molar-refractivity contribution in [3.8, 4) is 12.3 Å². The minimum atomic E-state index is -5.81. The van der Waals surface area contributed by atoms with E-state index in [9.17, 15) is 33.3 Å². The van der Waals surface area contributed by atoms with Crippen molar-refractivity contribution in [1.82, 2.24) is 14.8 Å². The van der Waals surface area contributed by atoms with Gasteiger partial charge in [0.15, 0.2) is 0 Å². The third kappa shape index (κ3) is 6.24. The van der Waals surface area contributed by atoms with Crippen LogP contribution in [-0.2, 0) is 31.6 Å². The van der Waals surface area contributed by atoms with E-state index in [0.29, 0.717) is 6.20 Å². The van der Waals surface area contributed by atoms with E-state index in [0.717, 1.165) is 0 Å². The van der Waals surface area contributed by atoms with Crippen LogP contribution in [0.1, 0.15) is 6.23 Å². The number of phosphoric ester groups is 1. The normalized spacial score (nSPS) is 30.3. The molecule has 6 atom stereocenters. The molecule has 1 aliphatic rings. The number of nitrogens with one attached hydrogen (secondary N) is 1. The summed E-state index contributed by atoms with van der Waals surface area (Å²) in [6.07, 6.45) is -0.771. The average molecular weight is 511 g/mol. The number of halogens is 1. The summed E-state index contributed by atoms with van der Waals surface area (Å²) in [5, 5.41) is 13.4. The van der Waals surface area contributed by atoms with Crippen LogP contribution in [-0.4, -0.2) is 63.9 Å². The molecule has 21 heteroatoms. The lowest BCUT2D eigenvalue weighted by atomic mass is 9.97. The molecule has 2 rings (SSSR count). The number of aromatic nitrogens is 3. The zero-order valence-corrected chi connectivity index (χ0v) is 17.3. The smallest absolute Gasteiger partial charge is 0.386 e. The van der Waals surface area contributed by atoms with E-state index >= 15 is 4.39 Å². The van der Waals surface area contributed by atoms with Gasteiger partial charge in [-0.05, 0) is 0 Å². The number of hydrogen-bond acceptors (Lipinski definition) is 11. The van der Waals surface area contributed by atoms with Gasteiger partial charge in [-0.1, -0.05) is 5.92 Å². The number of hydrogen-bond donors (Lipinski definition) is 6. The van der Waals surface area contributed by atoms with E-state index < -0.39 is 65.4 Å². The van der Waals surface area contributed by atoms with E-state index in [4.69, 9.17) is 25.8 Å². The lowest BCUT2D eigenvalue weighted by molar-refractivity contribution is -0.0603. The van der Waals surface area contributed by atoms with Gasteiger partial charge in [0.25, 0.3) is 5.56 Å².